The van der Waals surface area contributed by atoms with Gasteiger partial charge in [-0.2, -0.15) is 0 Å². The summed E-state index contributed by atoms with van der Waals surface area (Å²) in [6, 6.07) is 0. The second-order valence-corrected chi connectivity index (χ2v) is 3.77. The van der Waals surface area contributed by atoms with Crippen molar-refractivity contribution in [2.75, 3.05) is 0 Å². The SMILES string of the molecule is Bc1ncncc1C(C)(C)C. The number of hydrogen-bond acceptors (Lipinski definition) is 2. The highest BCUT2D eigenvalue weighted by atomic mass is 14.8. The van der Waals surface area contributed by atoms with Crippen LogP contribution in [0.1, 0.15) is 26.3 Å². The summed E-state index contributed by atoms with van der Waals surface area (Å²) in [5.41, 5.74) is 2.46. The lowest BCUT2D eigenvalue weighted by atomic mass is 9.82. The molecule has 0 aliphatic heterocycles. The van der Waals surface area contributed by atoms with Gasteiger partial charge in [-0.05, 0) is 11.0 Å². The number of nitrogens with zero attached hydrogens (tertiary/aromatic N) is 2. The van der Waals surface area contributed by atoms with Crippen molar-refractivity contribution in [2.45, 2.75) is 26.2 Å². The van der Waals surface area contributed by atoms with Crippen molar-refractivity contribution in [3.05, 3.63) is 18.1 Å². The maximum absolute atomic E-state index is 4.13. The Hall–Kier alpha value is -0.855. The zero-order valence-electron chi connectivity index (χ0n) is 7.55. The fraction of sp³-hybridized carbons (Fsp3) is 0.500. The molecule has 0 bridgehead atoms. The molecule has 1 aromatic rings. The topological polar surface area (TPSA) is 25.8 Å². The molecule has 0 aliphatic carbocycles. The summed E-state index contributed by atoms with van der Waals surface area (Å²) >= 11 is 0. The van der Waals surface area contributed by atoms with E-state index in [2.05, 4.69) is 30.7 Å². The standard InChI is InChI=1S/C8H13BN2/c1-8(2,3)6-4-10-5-11-7(6)9/h4-5H,9H2,1-3H3. The lowest BCUT2D eigenvalue weighted by Gasteiger charge is -2.19. The zero-order chi connectivity index (χ0) is 8.48. The predicted octanol–water partition coefficient (Wildman–Crippen LogP) is 0.0325. The van der Waals surface area contributed by atoms with Crippen LogP contribution < -0.4 is 5.59 Å². The van der Waals surface area contributed by atoms with Crippen LogP contribution in [0, 0.1) is 0 Å². The van der Waals surface area contributed by atoms with Crippen molar-refractivity contribution in [3.63, 3.8) is 0 Å². The third-order valence-electron chi connectivity index (χ3n) is 1.72. The highest BCUT2D eigenvalue weighted by molar-refractivity contribution is 6.31. The van der Waals surface area contributed by atoms with Crippen LogP contribution in [0.2, 0.25) is 0 Å². The van der Waals surface area contributed by atoms with Gasteiger partial charge in [0.05, 0.1) is 0 Å². The van der Waals surface area contributed by atoms with Crippen LogP contribution in [0.3, 0.4) is 0 Å². The molecule has 0 saturated heterocycles. The van der Waals surface area contributed by atoms with Crippen molar-refractivity contribution in [3.8, 4) is 0 Å². The Bertz CT molecular complexity index is 253. The lowest BCUT2D eigenvalue weighted by molar-refractivity contribution is 0.589. The van der Waals surface area contributed by atoms with E-state index in [9.17, 15) is 0 Å². The Balaban J connectivity index is 3.14. The van der Waals surface area contributed by atoms with E-state index < -0.39 is 0 Å². The average molecular weight is 148 g/mol. The minimum Gasteiger partial charge on any atom is -0.252 e. The third kappa shape index (κ3) is 1.79. The van der Waals surface area contributed by atoms with Crippen LogP contribution in [0.5, 0.6) is 0 Å². The maximum Gasteiger partial charge on any atom is 0.164 e. The van der Waals surface area contributed by atoms with Gasteiger partial charge in [0.2, 0.25) is 0 Å². The van der Waals surface area contributed by atoms with Crippen molar-refractivity contribution in [2.24, 2.45) is 0 Å². The van der Waals surface area contributed by atoms with E-state index in [0.29, 0.717) is 0 Å². The second kappa shape index (κ2) is 2.64. The quantitative estimate of drug-likeness (QED) is 0.485. The van der Waals surface area contributed by atoms with Crippen LogP contribution in [0.25, 0.3) is 0 Å². The molecule has 1 heterocycles. The van der Waals surface area contributed by atoms with E-state index in [1.54, 1.807) is 6.33 Å². The first-order valence-corrected chi connectivity index (χ1v) is 3.79. The van der Waals surface area contributed by atoms with E-state index in [0.717, 1.165) is 5.59 Å². The molecule has 0 saturated carbocycles. The molecule has 0 fully saturated rings. The minimum absolute atomic E-state index is 0.158. The van der Waals surface area contributed by atoms with E-state index in [1.807, 2.05) is 14.0 Å². The summed E-state index contributed by atoms with van der Waals surface area (Å²) in [7, 11) is 2.02. The molecule has 0 amide bonds. The fourth-order valence-electron chi connectivity index (χ4n) is 1.13. The molecule has 0 aliphatic rings. The second-order valence-electron chi connectivity index (χ2n) is 3.77. The molecule has 0 radical (unpaired) electrons. The van der Waals surface area contributed by atoms with Crippen molar-refractivity contribution in [1.82, 2.24) is 9.97 Å². The Morgan fingerprint density at radius 2 is 2.00 bits per heavy atom. The summed E-state index contributed by atoms with van der Waals surface area (Å²) in [6.07, 6.45) is 3.48. The van der Waals surface area contributed by atoms with Gasteiger partial charge in [-0.15, -0.1) is 0 Å². The normalized spacial score (nSPS) is 11.5. The summed E-state index contributed by atoms with van der Waals surface area (Å²) in [5.74, 6) is 0. The minimum atomic E-state index is 0.158. The Kier molecular flexibility index (Phi) is 1.98. The summed E-state index contributed by atoms with van der Waals surface area (Å²) in [5, 5.41) is 0. The third-order valence-corrected chi connectivity index (χ3v) is 1.72. The Labute approximate surface area is 68.5 Å². The van der Waals surface area contributed by atoms with Gasteiger partial charge >= 0.3 is 0 Å². The average Bonchev–Trinajstić information content (AvgIpc) is 1.86. The first-order chi connectivity index (χ1) is 5.02. The highest BCUT2D eigenvalue weighted by Crippen LogP contribution is 2.17. The van der Waals surface area contributed by atoms with Crippen LogP contribution >= 0.6 is 0 Å². The molecule has 0 aromatic carbocycles. The van der Waals surface area contributed by atoms with E-state index >= 15 is 0 Å². The summed E-state index contributed by atoms with van der Waals surface area (Å²) < 4.78 is 0. The van der Waals surface area contributed by atoms with Crippen molar-refractivity contribution < 1.29 is 0 Å². The molecule has 0 spiro atoms. The van der Waals surface area contributed by atoms with Gasteiger partial charge in [0.1, 0.15) is 6.33 Å². The Morgan fingerprint density at radius 1 is 1.36 bits per heavy atom. The molecule has 1 aromatic heterocycles. The van der Waals surface area contributed by atoms with Crippen molar-refractivity contribution in [1.29, 1.82) is 0 Å². The molecule has 0 unspecified atom stereocenters. The lowest BCUT2D eigenvalue weighted by Crippen LogP contribution is -2.25. The molecular formula is C8H13BN2. The molecule has 3 heteroatoms. The molecule has 0 atom stereocenters. The molecule has 58 valence electrons. The number of aromatic nitrogens is 2. The molecule has 2 nitrogen and oxygen atoms in total. The van der Waals surface area contributed by atoms with Gasteiger partial charge in [-0.3, -0.25) is 4.98 Å². The van der Waals surface area contributed by atoms with Gasteiger partial charge in [0, 0.05) is 11.8 Å². The maximum atomic E-state index is 4.13. The van der Waals surface area contributed by atoms with Crippen LogP contribution in [-0.4, -0.2) is 17.8 Å². The van der Waals surface area contributed by atoms with Gasteiger partial charge in [0.15, 0.2) is 7.85 Å². The monoisotopic (exact) mass is 148 g/mol. The fourth-order valence-corrected chi connectivity index (χ4v) is 1.13. The summed E-state index contributed by atoms with van der Waals surface area (Å²) in [6.45, 7) is 6.50. The van der Waals surface area contributed by atoms with Gasteiger partial charge in [-0.25, -0.2) is 4.98 Å². The first kappa shape index (κ1) is 8.24. The Morgan fingerprint density at radius 3 is 2.36 bits per heavy atom. The molecule has 0 N–H and O–H groups in total. The predicted molar refractivity (Wildman–Crippen MR) is 48.9 cm³/mol. The number of rotatable bonds is 0. The molecule has 11 heavy (non-hydrogen) atoms. The molecule has 1 rings (SSSR count). The largest absolute Gasteiger partial charge is 0.252 e. The number of hydrogen-bond donors (Lipinski definition) is 0. The van der Waals surface area contributed by atoms with Gasteiger partial charge < -0.3 is 0 Å². The van der Waals surface area contributed by atoms with Crippen molar-refractivity contribution >= 4 is 13.4 Å². The zero-order valence-corrected chi connectivity index (χ0v) is 7.55. The van der Waals surface area contributed by atoms with Gasteiger partial charge in [-0.1, -0.05) is 20.8 Å². The summed E-state index contributed by atoms with van der Waals surface area (Å²) in [4.78, 5) is 8.14. The van der Waals surface area contributed by atoms with Gasteiger partial charge in [0.25, 0.3) is 0 Å². The van der Waals surface area contributed by atoms with E-state index in [-0.39, 0.29) is 5.41 Å². The smallest absolute Gasteiger partial charge is 0.164 e. The van der Waals surface area contributed by atoms with E-state index in [1.165, 1.54) is 5.56 Å². The first-order valence-electron chi connectivity index (χ1n) is 3.79. The highest BCUT2D eigenvalue weighted by Gasteiger charge is 2.15. The van der Waals surface area contributed by atoms with Crippen LogP contribution in [-0.2, 0) is 5.41 Å². The van der Waals surface area contributed by atoms with E-state index in [4.69, 9.17) is 0 Å². The van der Waals surface area contributed by atoms with Crippen LogP contribution in [0.4, 0.5) is 0 Å². The molecular weight excluding hydrogens is 135 g/mol. The van der Waals surface area contributed by atoms with Crippen LogP contribution in [0.15, 0.2) is 12.5 Å².